The van der Waals surface area contributed by atoms with Gasteiger partial charge in [0.2, 0.25) is 0 Å². The lowest BCUT2D eigenvalue weighted by molar-refractivity contribution is -0.117. The standard InChI is InChI=1S/C23H24OP.HI/c1-19(24)18-23(20-12-6-3-7-13-20)25(2,21-14-8-4-9-15-21)22-16-10-5-11-17-22;/h3-17,23H,18H2,1-2H3;1H/q+1;/p-1. The van der Waals surface area contributed by atoms with E-state index < -0.39 is 7.26 Å². The topological polar surface area (TPSA) is 17.1 Å². The second-order valence-electron chi connectivity index (χ2n) is 6.58. The van der Waals surface area contributed by atoms with Crippen molar-refractivity contribution in [2.45, 2.75) is 19.0 Å². The van der Waals surface area contributed by atoms with E-state index in [-0.39, 0.29) is 35.4 Å². The van der Waals surface area contributed by atoms with Crippen LogP contribution in [-0.2, 0) is 4.79 Å². The fourth-order valence-corrected chi connectivity index (χ4v) is 7.52. The lowest BCUT2D eigenvalue weighted by Gasteiger charge is -2.31. The summed E-state index contributed by atoms with van der Waals surface area (Å²) in [7, 11) is -1.78. The molecule has 0 aliphatic rings. The average Bonchev–Trinajstić information content (AvgIpc) is 2.67. The molecule has 3 rings (SSSR count). The van der Waals surface area contributed by atoms with Crippen molar-refractivity contribution < 1.29 is 28.8 Å². The second kappa shape index (κ2) is 9.43. The highest BCUT2D eigenvalue weighted by atomic mass is 127. The van der Waals surface area contributed by atoms with Gasteiger partial charge in [0.05, 0.1) is 24.5 Å². The van der Waals surface area contributed by atoms with Gasteiger partial charge in [0.15, 0.2) is 0 Å². The first-order chi connectivity index (χ1) is 12.1. The molecule has 0 radical (unpaired) electrons. The predicted molar refractivity (Wildman–Crippen MR) is 109 cm³/mol. The fourth-order valence-electron chi connectivity index (χ4n) is 3.53. The van der Waals surface area contributed by atoms with Crippen molar-refractivity contribution in [1.82, 2.24) is 0 Å². The summed E-state index contributed by atoms with van der Waals surface area (Å²) in [5.41, 5.74) is 1.44. The molecular formula is C23H24IOP. The molecule has 1 unspecified atom stereocenters. The van der Waals surface area contributed by atoms with E-state index in [2.05, 4.69) is 91.6 Å². The van der Waals surface area contributed by atoms with E-state index in [1.165, 1.54) is 16.2 Å². The maximum Gasteiger partial charge on any atom is 0.134 e. The molecule has 3 aromatic rings. The number of hydrogen-bond donors (Lipinski definition) is 0. The molecule has 0 heterocycles. The van der Waals surface area contributed by atoms with Crippen molar-refractivity contribution in [3.8, 4) is 0 Å². The second-order valence-corrected chi connectivity index (χ2v) is 10.4. The highest BCUT2D eigenvalue weighted by Gasteiger charge is 2.46. The van der Waals surface area contributed by atoms with E-state index in [0.29, 0.717) is 6.42 Å². The predicted octanol–water partition coefficient (Wildman–Crippen LogP) is 2.01. The first kappa shape index (κ1) is 20.8. The van der Waals surface area contributed by atoms with Crippen molar-refractivity contribution in [3.05, 3.63) is 96.6 Å². The molecule has 3 heteroatoms. The third-order valence-corrected chi connectivity index (χ3v) is 9.34. The van der Waals surface area contributed by atoms with Crippen LogP contribution in [0.4, 0.5) is 0 Å². The van der Waals surface area contributed by atoms with Gasteiger partial charge in [0.25, 0.3) is 0 Å². The minimum atomic E-state index is -1.78. The summed E-state index contributed by atoms with van der Waals surface area (Å²) in [6, 6.07) is 31.9. The number of ketones is 1. The number of benzene rings is 3. The zero-order chi connectivity index (χ0) is 17.7. The van der Waals surface area contributed by atoms with Crippen LogP contribution < -0.4 is 34.6 Å². The van der Waals surface area contributed by atoms with Crippen LogP contribution in [0.15, 0.2) is 91.0 Å². The first-order valence-corrected chi connectivity index (χ1v) is 10.9. The van der Waals surface area contributed by atoms with Gasteiger partial charge in [-0.15, -0.1) is 0 Å². The molecule has 0 fully saturated rings. The van der Waals surface area contributed by atoms with Crippen LogP contribution in [0.1, 0.15) is 24.6 Å². The molecule has 3 aromatic carbocycles. The molecule has 0 bridgehead atoms. The molecule has 0 amide bonds. The summed E-state index contributed by atoms with van der Waals surface area (Å²) in [4.78, 5) is 12.2. The highest BCUT2D eigenvalue weighted by Crippen LogP contribution is 2.66. The SMILES string of the molecule is CC(=O)CC(c1ccccc1)[P+](C)(c1ccccc1)c1ccccc1.[I-]. The lowest BCUT2D eigenvalue weighted by atomic mass is 10.1. The summed E-state index contributed by atoms with van der Waals surface area (Å²) in [5, 5.41) is 2.69. The maximum absolute atomic E-state index is 12.2. The van der Waals surface area contributed by atoms with Crippen molar-refractivity contribution >= 4 is 23.7 Å². The Balaban J connectivity index is 0.00000243. The van der Waals surface area contributed by atoms with Crippen LogP contribution in [0, 0.1) is 0 Å². The first-order valence-electron chi connectivity index (χ1n) is 8.64. The molecule has 0 saturated heterocycles. The fraction of sp³-hybridized carbons (Fsp3) is 0.174. The Hall–Kier alpha value is -1.51. The van der Waals surface area contributed by atoms with Crippen molar-refractivity contribution in [2.75, 3.05) is 6.66 Å². The summed E-state index contributed by atoms with van der Waals surface area (Å²) >= 11 is 0. The normalized spacial score (nSPS) is 12.1. The van der Waals surface area contributed by atoms with Gasteiger partial charge in [0.1, 0.15) is 11.4 Å². The van der Waals surface area contributed by atoms with Gasteiger partial charge in [-0.25, -0.2) is 0 Å². The third-order valence-electron chi connectivity index (χ3n) is 4.87. The van der Waals surface area contributed by atoms with Gasteiger partial charge in [-0.2, -0.15) is 0 Å². The zero-order valence-corrected chi connectivity index (χ0v) is 18.2. The summed E-state index contributed by atoms with van der Waals surface area (Å²) < 4.78 is 0. The Morgan fingerprint density at radius 2 is 1.15 bits per heavy atom. The van der Waals surface area contributed by atoms with Crippen LogP contribution in [-0.4, -0.2) is 12.4 Å². The number of carbonyl (C=O) groups is 1. The van der Waals surface area contributed by atoms with Crippen molar-refractivity contribution in [3.63, 3.8) is 0 Å². The Morgan fingerprint density at radius 1 is 0.769 bits per heavy atom. The molecule has 0 aliphatic carbocycles. The monoisotopic (exact) mass is 474 g/mol. The van der Waals surface area contributed by atoms with Gasteiger partial charge < -0.3 is 24.0 Å². The summed E-state index contributed by atoms with van der Waals surface area (Å²) in [6.45, 7) is 4.08. The smallest absolute Gasteiger partial charge is 0.134 e. The van der Waals surface area contributed by atoms with E-state index in [1.54, 1.807) is 6.92 Å². The van der Waals surface area contributed by atoms with E-state index in [0.717, 1.165) is 0 Å². The van der Waals surface area contributed by atoms with Crippen molar-refractivity contribution in [1.29, 1.82) is 0 Å². The number of rotatable bonds is 6. The number of halogens is 1. The minimum absolute atomic E-state index is 0. The Kier molecular flexibility index (Phi) is 7.55. The van der Waals surface area contributed by atoms with Gasteiger partial charge in [-0.05, 0) is 36.8 Å². The largest absolute Gasteiger partial charge is 1.00 e. The molecule has 0 saturated carbocycles. The quantitative estimate of drug-likeness (QED) is 0.395. The maximum atomic E-state index is 12.2. The molecule has 26 heavy (non-hydrogen) atoms. The van der Waals surface area contributed by atoms with Gasteiger partial charge >= 0.3 is 0 Å². The highest BCUT2D eigenvalue weighted by molar-refractivity contribution is 7.89. The Labute approximate surface area is 174 Å². The van der Waals surface area contributed by atoms with Crippen LogP contribution in [0.5, 0.6) is 0 Å². The van der Waals surface area contributed by atoms with Crippen molar-refractivity contribution in [2.24, 2.45) is 0 Å². The van der Waals surface area contributed by atoms with Gasteiger partial charge in [-0.1, -0.05) is 66.7 Å². The molecule has 134 valence electrons. The molecule has 0 aromatic heterocycles. The van der Waals surface area contributed by atoms with Crippen LogP contribution in [0.3, 0.4) is 0 Å². The molecule has 0 aliphatic heterocycles. The molecule has 0 spiro atoms. The summed E-state index contributed by atoms with van der Waals surface area (Å²) in [6.07, 6.45) is 0.568. The van der Waals surface area contributed by atoms with E-state index in [4.69, 9.17) is 0 Å². The molecule has 1 nitrogen and oxygen atoms in total. The van der Waals surface area contributed by atoms with E-state index >= 15 is 0 Å². The van der Waals surface area contributed by atoms with Crippen LogP contribution in [0.2, 0.25) is 0 Å². The minimum Gasteiger partial charge on any atom is -1.00 e. The number of hydrogen-bond acceptors (Lipinski definition) is 1. The Morgan fingerprint density at radius 3 is 1.54 bits per heavy atom. The Bertz CT molecular complexity index is 779. The van der Waals surface area contributed by atoms with E-state index in [1.807, 2.05) is 6.07 Å². The molecule has 0 N–H and O–H groups in total. The van der Waals surface area contributed by atoms with Crippen LogP contribution in [0.25, 0.3) is 0 Å². The van der Waals surface area contributed by atoms with Gasteiger partial charge in [0, 0.05) is 6.42 Å². The van der Waals surface area contributed by atoms with Crippen LogP contribution >= 0.6 is 7.26 Å². The lowest BCUT2D eigenvalue weighted by Crippen LogP contribution is -3.00. The molecule has 1 atom stereocenters. The number of carbonyl (C=O) groups excluding carboxylic acids is 1. The zero-order valence-electron chi connectivity index (χ0n) is 15.2. The van der Waals surface area contributed by atoms with E-state index in [9.17, 15) is 4.79 Å². The third kappa shape index (κ3) is 4.42. The number of Topliss-reactive ketones (excluding diaryl/α,β-unsaturated/α-hetero) is 1. The summed E-state index contributed by atoms with van der Waals surface area (Å²) in [5.74, 6) is 0.243. The molecular weight excluding hydrogens is 450 g/mol. The van der Waals surface area contributed by atoms with Gasteiger partial charge in [-0.3, -0.25) is 4.79 Å². The average molecular weight is 474 g/mol.